The molecule has 0 spiro atoms. The number of hydrogen-bond acceptors (Lipinski definition) is 6. The number of carbonyl (C=O) groups is 1. The molecule has 1 aliphatic heterocycles. The fourth-order valence-corrected chi connectivity index (χ4v) is 4.01. The summed E-state index contributed by atoms with van der Waals surface area (Å²) in [6.07, 6.45) is 2.12. The van der Waals surface area contributed by atoms with Crippen LogP contribution in [0.3, 0.4) is 0 Å². The molecule has 3 heterocycles. The maximum absolute atomic E-state index is 12.3. The molecule has 118 valence electrons. The summed E-state index contributed by atoms with van der Waals surface area (Å²) in [5.74, 6) is 0.417. The van der Waals surface area contributed by atoms with Gasteiger partial charge in [0.25, 0.3) is 0 Å². The van der Waals surface area contributed by atoms with E-state index < -0.39 is 0 Å². The Morgan fingerprint density at radius 1 is 1.55 bits per heavy atom. The first-order valence-corrected chi connectivity index (χ1v) is 8.93. The Morgan fingerprint density at radius 3 is 3.23 bits per heavy atom. The van der Waals surface area contributed by atoms with Gasteiger partial charge < -0.3 is 9.64 Å². The van der Waals surface area contributed by atoms with Crippen molar-refractivity contribution in [3.8, 4) is 10.6 Å². The number of methoxy groups -OCH3 is 1. The highest BCUT2D eigenvalue weighted by Gasteiger charge is 2.24. The average molecular weight is 338 g/mol. The molecule has 2 aromatic rings. The van der Waals surface area contributed by atoms with E-state index in [4.69, 9.17) is 4.74 Å². The van der Waals surface area contributed by atoms with Crippen molar-refractivity contribution in [3.63, 3.8) is 0 Å². The van der Waals surface area contributed by atoms with Crippen molar-refractivity contribution in [1.82, 2.24) is 15.1 Å². The molecule has 1 N–H and O–H groups in total. The van der Waals surface area contributed by atoms with Crippen LogP contribution in [0.4, 0.5) is 9.93 Å². The van der Waals surface area contributed by atoms with Crippen LogP contribution in [-0.4, -0.2) is 47.9 Å². The molecule has 0 radical (unpaired) electrons. The fourth-order valence-electron chi connectivity index (χ4n) is 2.57. The van der Waals surface area contributed by atoms with Gasteiger partial charge in [0.15, 0.2) is 0 Å². The van der Waals surface area contributed by atoms with Gasteiger partial charge in [-0.25, -0.2) is 4.79 Å². The number of likely N-dealkylation sites (tertiary alicyclic amines) is 1. The van der Waals surface area contributed by atoms with E-state index in [0.29, 0.717) is 17.7 Å². The Bertz CT molecular complexity index is 612. The van der Waals surface area contributed by atoms with Crippen LogP contribution in [0.15, 0.2) is 16.8 Å². The second-order valence-electron chi connectivity index (χ2n) is 5.26. The van der Waals surface area contributed by atoms with Crippen molar-refractivity contribution in [2.75, 3.05) is 32.1 Å². The monoisotopic (exact) mass is 338 g/mol. The number of carbonyl (C=O) groups excluding carboxylic acids is 1. The van der Waals surface area contributed by atoms with E-state index in [1.807, 2.05) is 21.7 Å². The van der Waals surface area contributed by atoms with Crippen LogP contribution >= 0.6 is 22.7 Å². The van der Waals surface area contributed by atoms with Gasteiger partial charge in [-0.1, -0.05) is 11.3 Å². The minimum atomic E-state index is -0.103. The number of anilines is 1. The summed E-state index contributed by atoms with van der Waals surface area (Å²) in [6, 6.07) is 1.89. The minimum Gasteiger partial charge on any atom is -0.384 e. The zero-order valence-electron chi connectivity index (χ0n) is 12.3. The largest absolute Gasteiger partial charge is 0.384 e. The second-order valence-corrected chi connectivity index (χ2v) is 7.02. The predicted molar refractivity (Wildman–Crippen MR) is 88.4 cm³/mol. The highest BCUT2D eigenvalue weighted by molar-refractivity contribution is 7.19. The first-order valence-electron chi connectivity index (χ1n) is 7.17. The first kappa shape index (κ1) is 15.4. The van der Waals surface area contributed by atoms with Crippen LogP contribution in [-0.2, 0) is 4.74 Å². The van der Waals surface area contributed by atoms with Crippen molar-refractivity contribution in [3.05, 3.63) is 16.8 Å². The number of piperidine rings is 1. The van der Waals surface area contributed by atoms with Gasteiger partial charge in [-0.05, 0) is 24.3 Å². The lowest BCUT2D eigenvalue weighted by Crippen LogP contribution is -2.43. The number of rotatable bonds is 4. The lowest BCUT2D eigenvalue weighted by Gasteiger charge is -2.32. The van der Waals surface area contributed by atoms with E-state index in [9.17, 15) is 4.79 Å². The molecular formula is C14H18N4O2S2. The highest BCUT2D eigenvalue weighted by atomic mass is 32.1. The van der Waals surface area contributed by atoms with Crippen LogP contribution in [0, 0.1) is 5.92 Å². The van der Waals surface area contributed by atoms with E-state index in [1.165, 1.54) is 11.3 Å². The van der Waals surface area contributed by atoms with Gasteiger partial charge in [-0.15, -0.1) is 10.2 Å². The smallest absolute Gasteiger partial charge is 0.323 e. The van der Waals surface area contributed by atoms with Crippen molar-refractivity contribution in [1.29, 1.82) is 0 Å². The first-order chi connectivity index (χ1) is 10.8. The lowest BCUT2D eigenvalue weighted by molar-refractivity contribution is 0.104. The molecule has 22 heavy (non-hydrogen) atoms. The summed E-state index contributed by atoms with van der Waals surface area (Å²) < 4.78 is 5.19. The summed E-state index contributed by atoms with van der Waals surface area (Å²) in [4.78, 5) is 14.2. The Hall–Kier alpha value is -1.51. The Kier molecular flexibility index (Phi) is 5.01. The molecule has 0 unspecified atom stereocenters. The van der Waals surface area contributed by atoms with Gasteiger partial charge in [0.1, 0.15) is 5.01 Å². The maximum Gasteiger partial charge on any atom is 0.323 e. The summed E-state index contributed by atoms with van der Waals surface area (Å²) >= 11 is 3.01. The molecule has 1 fully saturated rings. The van der Waals surface area contributed by atoms with Crippen LogP contribution in [0.2, 0.25) is 0 Å². The molecular weight excluding hydrogens is 320 g/mol. The second kappa shape index (κ2) is 7.17. The van der Waals surface area contributed by atoms with E-state index in [-0.39, 0.29) is 6.03 Å². The van der Waals surface area contributed by atoms with Crippen LogP contribution in [0.5, 0.6) is 0 Å². The molecule has 0 bridgehead atoms. The van der Waals surface area contributed by atoms with Gasteiger partial charge in [0.05, 0.1) is 6.61 Å². The van der Waals surface area contributed by atoms with Gasteiger partial charge in [0.2, 0.25) is 5.13 Å². The van der Waals surface area contributed by atoms with Crippen molar-refractivity contribution in [2.24, 2.45) is 5.92 Å². The van der Waals surface area contributed by atoms with Gasteiger partial charge in [0, 0.05) is 37.1 Å². The van der Waals surface area contributed by atoms with E-state index >= 15 is 0 Å². The molecule has 3 rings (SSSR count). The molecule has 1 saturated heterocycles. The van der Waals surface area contributed by atoms with Gasteiger partial charge in [-0.2, -0.15) is 11.3 Å². The molecule has 6 nitrogen and oxygen atoms in total. The van der Waals surface area contributed by atoms with Crippen LogP contribution < -0.4 is 5.32 Å². The number of thiophene rings is 1. The third-order valence-corrected chi connectivity index (χ3v) is 5.19. The molecule has 1 atom stereocenters. The van der Waals surface area contributed by atoms with Gasteiger partial charge in [-0.3, -0.25) is 5.32 Å². The van der Waals surface area contributed by atoms with E-state index in [2.05, 4.69) is 15.5 Å². The van der Waals surface area contributed by atoms with E-state index in [1.54, 1.807) is 18.4 Å². The Labute approximate surface area is 137 Å². The van der Waals surface area contributed by atoms with Crippen LogP contribution in [0.1, 0.15) is 12.8 Å². The van der Waals surface area contributed by atoms with Crippen molar-refractivity contribution in [2.45, 2.75) is 12.8 Å². The number of urea groups is 1. The fraction of sp³-hybridized carbons (Fsp3) is 0.500. The Morgan fingerprint density at radius 2 is 2.45 bits per heavy atom. The van der Waals surface area contributed by atoms with Crippen LogP contribution in [0.25, 0.3) is 10.6 Å². The Balaban J connectivity index is 1.59. The van der Waals surface area contributed by atoms with Gasteiger partial charge >= 0.3 is 6.03 Å². The third-order valence-electron chi connectivity index (χ3n) is 3.62. The standard InChI is InChI=1S/C14H18N4O2S2/c1-20-8-10-3-2-5-18(7-10)14(19)15-13-17-16-12(22-13)11-4-6-21-9-11/h4,6,9-10H,2-3,5,7-8H2,1H3,(H,15,17,19)/t10-/m0/s1. The summed E-state index contributed by atoms with van der Waals surface area (Å²) in [6.45, 7) is 2.21. The predicted octanol–water partition coefficient (Wildman–Crippen LogP) is 3.16. The quantitative estimate of drug-likeness (QED) is 0.930. The normalized spacial score (nSPS) is 18.4. The maximum atomic E-state index is 12.3. The molecule has 2 amide bonds. The summed E-state index contributed by atoms with van der Waals surface area (Å²) in [5, 5.41) is 16.4. The zero-order valence-corrected chi connectivity index (χ0v) is 14.0. The highest BCUT2D eigenvalue weighted by Crippen LogP contribution is 2.28. The molecule has 2 aromatic heterocycles. The lowest BCUT2D eigenvalue weighted by atomic mass is 9.99. The molecule has 1 aliphatic rings. The van der Waals surface area contributed by atoms with Crippen molar-refractivity contribution < 1.29 is 9.53 Å². The average Bonchev–Trinajstić information content (AvgIpc) is 3.18. The van der Waals surface area contributed by atoms with E-state index in [0.717, 1.165) is 36.5 Å². The zero-order chi connectivity index (χ0) is 15.4. The summed E-state index contributed by atoms with van der Waals surface area (Å²) in [5.41, 5.74) is 1.04. The number of hydrogen-bond donors (Lipinski definition) is 1. The van der Waals surface area contributed by atoms with Crippen molar-refractivity contribution >= 4 is 33.8 Å². The number of ether oxygens (including phenoxy) is 1. The third kappa shape index (κ3) is 3.63. The molecule has 8 heteroatoms. The number of aromatic nitrogens is 2. The number of nitrogens with one attached hydrogen (secondary N) is 1. The SMILES string of the molecule is COC[C@H]1CCCN(C(=O)Nc2nnc(-c3ccsc3)s2)C1. The molecule has 0 aliphatic carbocycles. The minimum absolute atomic E-state index is 0.103. The molecule has 0 saturated carbocycles. The summed E-state index contributed by atoms with van der Waals surface area (Å²) in [7, 11) is 1.70. The number of nitrogens with zero attached hydrogens (tertiary/aromatic N) is 3. The topological polar surface area (TPSA) is 67.3 Å². The molecule has 0 aromatic carbocycles. The number of amides is 2.